The van der Waals surface area contributed by atoms with Gasteiger partial charge in [0.15, 0.2) is 11.7 Å². The average Bonchev–Trinajstić information content (AvgIpc) is 2.21. The monoisotopic (exact) mass is 1440 g/mol. The zero-order valence-corrected chi connectivity index (χ0v) is 54.3. The Hall–Kier alpha value is -6.02. The number of aliphatic hydroxyl groups is 1. The van der Waals surface area contributed by atoms with E-state index in [9.17, 15) is 66.0 Å². The summed E-state index contributed by atoms with van der Waals surface area (Å²) in [5.74, 6) is -3.86. The molecule has 3 heterocycles. The van der Waals surface area contributed by atoms with E-state index >= 15 is 0 Å². The quantitative estimate of drug-likeness (QED) is 0.0234. The molecule has 0 radical (unpaired) electrons. The maximum absolute atomic E-state index is 13.2. The Morgan fingerprint density at radius 1 is 0.644 bits per heavy atom. The summed E-state index contributed by atoms with van der Waals surface area (Å²) in [6.07, 6.45) is 6.45. The van der Waals surface area contributed by atoms with E-state index in [1.165, 1.54) is 24.3 Å². The van der Waals surface area contributed by atoms with Gasteiger partial charge in [-0.05, 0) is 73.4 Å². The maximum Gasteiger partial charge on any atom is 0.317 e. The first-order valence-corrected chi connectivity index (χ1v) is 32.0. The number of carbonyl (C=O) groups excluding carboxylic acids is 3. The molecule has 1 aliphatic heterocycles. The summed E-state index contributed by atoms with van der Waals surface area (Å²) < 4.78 is 73.4. The van der Waals surface area contributed by atoms with Crippen LogP contribution in [0.5, 0.6) is 0 Å². The van der Waals surface area contributed by atoms with Gasteiger partial charge in [-0.15, -0.1) is 0 Å². The van der Waals surface area contributed by atoms with Crippen LogP contribution in [0.4, 0.5) is 5.95 Å². The van der Waals surface area contributed by atoms with Gasteiger partial charge in [0.2, 0.25) is 26.0 Å². The van der Waals surface area contributed by atoms with Crippen molar-refractivity contribution < 1.29 is 120 Å². The van der Waals surface area contributed by atoms with Gasteiger partial charge in [0.05, 0.1) is 74.1 Å². The fourth-order valence-electron chi connectivity index (χ4n) is 9.04. The number of carboxylic acids is 3. The second-order valence-electron chi connectivity index (χ2n) is 20.3. The number of aryl methyl sites for hydroxylation is 1. The largest absolute Gasteiger partial charge is 0.480 e. The molecule has 0 saturated carbocycles. The summed E-state index contributed by atoms with van der Waals surface area (Å²) in [4.78, 5) is 86.2. The number of carbonyl (C=O) groups is 6. The van der Waals surface area contributed by atoms with E-state index < -0.39 is 68.8 Å². The predicted octanol–water partition coefficient (Wildman–Crippen LogP) is -0.0971. The third kappa shape index (κ3) is 27.8. The Morgan fingerprint density at radius 3 is 1.67 bits per heavy atom. The molecule has 1 atom stereocenters. The summed E-state index contributed by atoms with van der Waals surface area (Å²) in [6, 6.07) is 15.5. The molecule has 2 amide bonds. The second kappa shape index (κ2) is 40.8. The van der Waals surface area contributed by atoms with E-state index in [2.05, 4.69) is 40.5 Å². The first-order chi connectivity index (χ1) is 42.7. The number of anilines is 1. The van der Waals surface area contributed by atoms with Crippen LogP contribution in [0.3, 0.4) is 0 Å². The van der Waals surface area contributed by atoms with Gasteiger partial charge < -0.3 is 55.6 Å². The number of Topliss-reactive ketones (excluding diaryl/α,β-unsaturated/α-hetero) is 1. The number of sulfonamides is 2. The van der Waals surface area contributed by atoms with E-state index in [4.69, 9.17) is 14.2 Å². The van der Waals surface area contributed by atoms with Gasteiger partial charge in [0.25, 0.3) is 5.91 Å². The molecule has 0 aliphatic carbocycles. The Kier molecular flexibility index (Phi) is 34.6. The van der Waals surface area contributed by atoms with E-state index in [0.717, 1.165) is 17.3 Å². The van der Waals surface area contributed by atoms with Crippen molar-refractivity contribution >= 4 is 72.4 Å². The van der Waals surface area contributed by atoms with Crippen molar-refractivity contribution in [3.05, 3.63) is 90.9 Å². The Bertz CT molecular complexity index is 3210. The molecule has 0 spiro atoms. The fraction of sp³-hybridized carbons (Fsp3) is 0.509. The number of rotatable bonds is 36. The fourth-order valence-corrected chi connectivity index (χ4v) is 11.3. The summed E-state index contributed by atoms with van der Waals surface area (Å²) >= 11 is 0. The molecule has 1 fully saturated rings. The molecular weight excluding hydrogens is 1360 g/mol. The Labute approximate surface area is 555 Å². The average molecular weight is 1440 g/mol. The molecular formula is C57H83GdN13O17S2. The number of carboxylic acid groups (broad SMARTS) is 3. The van der Waals surface area contributed by atoms with Crippen LogP contribution in [0.25, 0.3) is 22.0 Å². The summed E-state index contributed by atoms with van der Waals surface area (Å²) in [5.41, 5.74) is 2.40. The van der Waals surface area contributed by atoms with Crippen LogP contribution in [0.1, 0.15) is 37.0 Å². The number of aliphatic carboxylic acids is 3. The number of fused-ring (bicyclic) bond motifs is 1. The Morgan fingerprint density at radius 2 is 1.17 bits per heavy atom. The molecule has 1 unspecified atom stereocenters. The van der Waals surface area contributed by atoms with Crippen molar-refractivity contribution in [3.8, 4) is 11.1 Å². The third-order valence-electron chi connectivity index (χ3n) is 13.7. The van der Waals surface area contributed by atoms with Crippen molar-refractivity contribution in [1.29, 1.82) is 0 Å². The van der Waals surface area contributed by atoms with Gasteiger partial charge in [-0.2, -0.15) is 9.82 Å². The van der Waals surface area contributed by atoms with Crippen molar-refractivity contribution in [2.45, 2.75) is 49.1 Å². The number of nitrogens with one attached hydrogen (secondary N) is 6. The summed E-state index contributed by atoms with van der Waals surface area (Å²) in [5, 5.41) is 51.1. The number of aromatic amines is 1. The minimum absolute atomic E-state index is 0. The molecule has 1 aliphatic rings. The molecule has 6 rings (SSSR count). The van der Waals surface area contributed by atoms with Gasteiger partial charge >= 0.3 is 17.9 Å². The van der Waals surface area contributed by atoms with Crippen molar-refractivity contribution in [3.63, 3.8) is 0 Å². The number of ether oxygens (including phenoxy) is 3. The molecule has 90 heavy (non-hydrogen) atoms. The first kappa shape index (κ1) is 76.4. The molecule has 3 aromatic carbocycles. The molecule has 10 N–H and O–H groups in total. The maximum atomic E-state index is 13.2. The standard InChI is InChI=1S/C32H36N8O7S2.C25H47N5O10.Gd/c1-2-38-48(44,45)26-9-4-22(5-10-26)23-6-11-27(12-7-23)49(46,47)39-28(30(42)21-41)20-36-31(43)24-8-13-29-25(18-24)19-37-40(29)17-3-14-33-32-34-15-16-35-32;1-2-38-14-15-40-17-16-39-13-3-4-26-22(31)18-27-5-7-28(19-23(32)33)9-11-30(21-25(36)37)12-10-29(8-6-27)20-24(34)35;/h4-13,15-16,18-19,28,38-39,41H,2-3,14,17,20-21H2,1H3,(H,36,43)(H2,33,34,35);2-21H2,1H3,(H,26,31)(H,32,33)(H,34,35)(H,36,37);. The number of ketones is 1. The number of imidazole rings is 1. The second-order valence-corrected chi connectivity index (χ2v) is 23.8. The van der Waals surface area contributed by atoms with Crippen LogP contribution in [0.15, 0.2) is 95.1 Å². The van der Waals surface area contributed by atoms with Crippen LogP contribution < -0.4 is 25.4 Å². The van der Waals surface area contributed by atoms with E-state index in [0.29, 0.717) is 135 Å². The normalized spacial score (nSPS) is 14.4. The topological polar surface area (TPSA) is 399 Å². The minimum atomic E-state index is -4.25. The number of aromatic nitrogens is 4. The van der Waals surface area contributed by atoms with Crippen LogP contribution in [0.2, 0.25) is 0 Å². The van der Waals surface area contributed by atoms with Gasteiger partial charge in [0.1, 0.15) is 12.6 Å². The van der Waals surface area contributed by atoms with Gasteiger partial charge in [-0.3, -0.25) is 53.0 Å². The van der Waals surface area contributed by atoms with Crippen LogP contribution in [0, 0.1) is 39.9 Å². The zero-order chi connectivity index (χ0) is 64.6. The van der Waals surface area contributed by atoms with E-state index in [1.54, 1.807) is 82.7 Å². The van der Waals surface area contributed by atoms with Gasteiger partial charge in [0, 0.05) is 162 Å². The molecule has 33 heteroatoms. The van der Waals surface area contributed by atoms with Crippen molar-refractivity contribution in [2.75, 3.05) is 156 Å². The number of hydrogen-bond donors (Lipinski definition) is 10. The van der Waals surface area contributed by atoms with Gasteiger partial charge in [-0.1, -0.05) is 31.2 Å². The smallest absolute Gasteiger partial charge is 0.317 e. The molecule has 5 aromatic rings. The zero-order valence-electron chi connectivity index (χ0n) is 50.4. The van der Waals surface area contributed by atoms with Crippen molar-refractivity contribution in [2.24, 2.45) is 0 Å². The summed E-state index contributed by atoms with van der Waals surface area (Å²) in [6.45, 7) is 9.68. The molecule has 0 bridgehead atoms. The third-order valence-corrected chi connectivity index (χ3v) is 16.7. The first-order valence-electron chi connectivity index (χ1n) is 29.1. The number of amides is 2. The SMILES string of the molecule is CCNS(=O)(=O)c1ccc(-c2ccc(S(=O)(=O)NC(CNC(=O)c3ccc4c(cnn4CCCNc4ncc[nH]4)c3)C(=O)CO)cc2)cc1.CCOCCOCCOCCCNC(=O)CN1CCN(CC(=O)O)CCN(CC(=O)O)CCN(CC(=O)O)CC1.[Gd]. The van der Waals surface area contributed by atoms with Gasteiger partial charge in [-0.25, -0.2) is 26.5 Å². The van der Waals surface area contributed by atoms with Crippen LogP contribution in [-0.4, -0.2) is 269 Å². The molecule has 1 saturated heterocycles. The number of nitrogens with zero attached hydrogens (tertiary/aromatic N) is 7. The number of aliphatic hydroxyl groups excluding tert-OH is 1. The summed E-state index contributed by atoms with van der Waals surface area (Å²) in [7, 11) is -7.87. The number of hydrogen-bond acceptors (Lipinski definition) is 21. The predicted molar refractivity (Wildman–Crippen MR) is 327 cm³/mol. The van der Waals surface area contributed by atoms with E-state index in [1.807, 2.05) is 16.5 Å². The number of H-pyrrole nitrogens is 1. The van der Waals surface area contributed by atoms with Crippen molar-refractivity contribution in [1.82, 2.24) is 59.4 Å². The number of benzene rings is 3. The molecule has 30 nitrogen and oxygen atoms in total. The molecule has 2 aromatic heterocycles. The molecule has 498 valence electrons. The van der Waals surface area contributed by atoms with Crippen LogP contribution in [-0.2, 0) is 64.8 Å². The minimum Gasteiger partial charge on any atom is -0.480 e. The van der Waals surface area contributed by atoms with E-state index in [-0.39, 0.29) is 93.9 Å². The van der Waals surface area contributed by atoms with Crippen LogP contribution >= 0.6 is 0 Å². The Balaban J connectivity index is 0.000000389.